The summed E-state index contributed by atoms with van der Waals surface area (Å²) in [4.78, 5) is 6.69. The van der Waals surface area contributed by atoms with Crippen molar-refractivity contribution in [3.05, 3.63) is 39.6 Å². The Bertz CT molecular complexity index is 439. The van der Waals surface area contributed by atoms with Gasteiger partial charge in [0.1, 0.15) is 0 Å². The number of thiophene rings is 1. The molecule has 2 aromatic rings. The Balaban J connectivity index is 2.21. The Hall–Kier alpha value is -1.13. The van der Waals surface area contributed by atoms with Gasteiger partial charge in [-0.25, -0.2) is 4.98 Å². The number of nitrogens with zero attached hydrogens (tertiary/aromatic N) is 2. The zero-order valence-corrected chi connectivity index (χ0v) is 9.71. The summed E-state index contributed by atoms with van der Waals surface area (Å²) in [6.07, 6.45) is 3.46. The van der Waals surface area contributed by atoms with E-state index in [0.717, 1.165) is 12.2 Å². The number of aliphatic hydroxyl groups excluding tert-OH is 1. The van der Waals surface area contributed by atoms with Crippen LogP contribution in [0.1, 0.15) is 21.0 Å². The van der Waals surface area contributed by atoms with Crippen LogP contribution in [0, 0.1) is 13.8 Å². The van der Waals surface area contributed by atoms with Gasteiger partial charge in [0.05, 0.1) is 31.4 Å². The van der Waals surface area contributed by atoms with Crippen LogP contribution in [0.25, 0.3) is 0 Å². The van der Waals surface area contributed by atoms with Gasteiger partial charge in [-0.1, -0.05) is 0 Å². The fourth-order valence-corrected chi connectivity index (χ4v) is 2.57. The molecule has 2 aromatic heterocycles. The van der Waals surface area contributed by atoms with E-state index in [2.05, 4.69) is 24.9 Å². The minimum Gasteiger partial charge on any atom is -0.390 e. The molecule has 15 heavy (non-hydrogen) atoms. The smallest absolute Gasteiger partial charge is 0.0952 e. The number of aromatic nitrogens is 2. The highest BCUT2D eigenvalue weighted by Crippen LogP contribution is 2.21. The Morgan fingerprint density at radius 1 is 1.47 bits per heavy atom. The lowest BCUT2D eigenvalue weighted by Crippen LogP contribution is -2.01. The number of aliphatic hydroxyl groups is 1. The number of hydrogen-bond donors (Lipinski definition) is 1. The van der Waals surface area contributed by atoms with E-state index in [1.54, 1.807) is 23.9 Å². The topological polar surface area (TPSA) is 38.0 Å². The van der Waals surface area contributed by atoms with Gasteiger partial charge in [-0.15, -0.1) is 11.3 Å². The highest BCUT2D eigenvalue weighted by atomic mass is 32.1. The number of rotatable bonds is 3. The zero-order valence-electron chi connectivity index (χ0n) is 8.90. The second-order valence-corrected chi connectivity index (χ2v) is 4.96. The van der Waals surface area contributed by atoms with Crippen LogP contribution in [-0.4, -0.2) is 14.7 Å². The summed E-state index contributed by atoms with van der Waals surface area (Å²) in [6, 6.07) is 2.20. The second-order valence-electron chi connectivity index (χ2n) is 3.62. The molecule has 0 aliphatic heterocycles. The van der Waals surface area contributed by atoms with Crippen molar-refractivity contribution in [2.24, 2.45) is 0 Å². The monoisotopic (exact) mass is 222 g/mol. The van der Waals surface area contributed by atoms with Crippen LogP contribution in [-0.2, 0) is 13.2 Å². The van der Waals surface area contributed by atoms with Crippen molar-refractivity contribution in [3.63, 3.8) is 0 Å². The number of aryl methyl sites for hydroxylation is 2. The first-order valence-electron chi connectivity index (χ1n) is 4.86. The molecule has 0 atom stereocenters. The van der Waals surface area contributed by atoms with Crippen LogP contribution in [0.2, 0.25) is 0 Å². The fraction of sp³-hybridized carbons (Fsp3) is 0.364. The molecule has 0 unspecified atom stereocenters. The summed E-state index contributed by atoms with van der Waals surface area (Å²) >= 11 is 1.80. The molecule has 0 spiro atoms. The minimum atomic E-state index is 0.0450. The van der Waals surface area contributed by atoms with Crippen LogP contribution in [0.3, 0.4) is 0 Å². The highest BCUT2D eigenvalue weighted by molar-refractivity contribution is 7.12. The van der Waals surface area contributed by atoms with Gasteiger partial charge < -0.3 is 9.67 Å². The van der Waals surface area contributed by atoms with Crippen LogP contribution in [0.5, 0.6) is 0 Å². The molecule has 0 radical (unpaired) electrons. The van der Waals surface area contributed by atoms with Gasteiger partial charge >= 0.3 is 0 Å². The molecule has 4 heteroatoms. The average Bonchev–Trinajstić information content (AvgIpc) is 2.75. The maximum absolute atomic E-state index is 9.09. The van der Waals surface area contributed by atoms with Crippen LogP contribution < -0.4 is 0 Å². The van der Waals surface area contributed by atoms with E-state index in [9.17, 15) is 0 Å². The third-order valence-electron chi connectivity index (χ3n) is 2.50. The summed E-state index contributed by atoms with van der Waals surface area (Å²) in [5.74, 6) is 0. The molecule has 0 saturated heterocycles. The maximum Gasteiger partial charge on any atom is 0.0952 e. The molecular weight excluding hydrogens is 208 g/mol. The normalized spacial score (nSPS) is 10.9. The van der Waals surface area contributed by atoms with Crippen molar-refractivity contribution in [2.75, 3.05) is 0 Å². The first kappa shape index (κ1) is 10.4. The summed E-state index contributed by atoms with van der Waals surface area (Å²) in [6.45, 7) is 5.10. The largest absolute Gasteiger partial charge is 0.390 e. The minimum absolute atomic E-state index is 0.0450. The second kappa shape index (κ2) is 4.16. The molecule has 0 saturated carbocycles. The van der Waals surface area contributed by atoms with Gasteiger partial charge in [0.15, 0.2) is 0 Å². The van der Waals surface area contributed by atoms with Crippen LogP contribution in [0.15, 0.2) is 18.6 Å². The maximum atomic E-state index is 9.09. The van der Waals surface area contributed by atoms with E-state index in [1.807, 2.05) is 4.57 Å². The van der Waals surface area contributed by atoms with E-state index in [-0.39, 0.29) is 6.61 Å². The fourth-order valence-electron chi connectivity index (χ4n) is 1.52. The Morgan fingerprint density at radius 3 is 2.87 bits per heavy atom. The third kappa shape index (κ3) is 2.11. The van der Waals surface area contributed by atoms with E-state index in [0.29, 0.717) is 0 Å². The third-order valence-corrected chi connectivity index (χ3v) is 3.64. The first-order chi connectivity index (χ1) is 7.20. The lowest BCUT2D eigenvalue weighted by Gasteiger charge is -2.03. The molecule has 2 heterocycles. The lowest BCUT2D eigenvalue weighted by molar-refractivity contribution is 0.271. The van der Waals surface area contributed by atoms with E-state index < -0.39 is 0 Å². The Morgan fingerprint density at radius 2 is 2.27 bits per heavy atom. The van der Waals surface area contributed by atoms with Crippen LogP contribution >= 0.6 is 11.3 Å². The van der Waals surface area contributed by atoms with Crippen molar-refractivity contribution in [3.8, 4) is 0 Å². The standard InChI is InChI=1S/C11H14N2OS/c1-8-3-11(15-9(8)2)5-13-7-12-4-10(13)6-14/h3-4,7,14H,5-6H2,1-2H3. The first-order valence-corrected chi connectivity index (χ1v) is 5.68. The molecule has 0 bridgehead atoms. The van der Waals surface area contributed by atoms with Gasteiger partial charge in [-0.3, -0.25) is 0 Å². The van der Waals surface area contributed by atoms with Crippen molar-refractivity contribution in [2.45, 2.75) is 27.0 Å². The van der Waals surface area contributed by atoms with E-state index >= 15 is 0 Å². The molecule has 0 aromatic carbocycles. The number of imidazole rings is 1. The van der Waals surface area contributed by atoms with Crippen molar-refractivity contribution >= 4 is 11.3 Å². The average molecular weight is 222 g/mol. The molecule has 0 amide bonds. The Kier molecular flexibility index (Phi) is 2.88. The van der Waals surface area contributed by atoms with Crippen molar-refractivity contribution in [1.29, 1.82) is 0 Å². The summed E-state index contributed by atoms with van der Waals surface area (Å²) in [5, 5.41) is 9.09. The predicted molar refractivity (Wildman–Crippen MR) is 61.0 cm³/mol. The van der Waals surface area contributed by atoms with Gasteiger partial charge in [0, 0.05) is 9.75 Å². The van der Waals surface area contributed by atoms with Crippen LogP contribution in [0.4, 0.5) is 0 Å². The summed E-state index contributed by atoms with van der Waals surface area (Å²) < 4.78 is 1.98. The quantitative estimate of drug-likeness (QED) is 0.863. The van der Waals surface area contributed by atoms with Gasteiger partial charge in [-0.2, -0.15) is 0 Å². The SMILES string of the molecule is Cc1cc(Cn2cncc2CO)sc1C. The molecule has 2 rings (SSSR count). The van der Waals surface area contributed by atoms with Crippen molar-refractivity contribution in [1.82, 2.24) is 9.55 Å². The van der Waals surface area contributed by atoms with Crippen molar-refractivity contribution < 1.29 is 5.11 Å². The highest BCUT2D eigenvalue weighted by Gasteiger charge is 2.05. The van der Waals surface area contributed by atoms with Gasteiger partial charge in [-0.05, 0) is 25.5 Å². The molecule has 3 nitrogen and oxygen atoms in total. The van der Waals surface area contributed by atoms with E-state index in [1.165, 1.54) is 15.3 Å². The molecule has 0 fully saturated rings. The number of hydrogen-bond acceptors (Lipinski definition) is 3. The zero-order chi connectivity index (χ0) is 10.8. The lowest BCUT2D eigenvalue weighted by atomic mass is 10.3. The molecule has 80 valence electrons. The molecular formula is C11H14N2OS. The van der Waals surface area contributed by atoms with Gasteiger partial charge in [0.2, 0.25) is 0 Å². The summed E-state index contributed by atoms with van der Waals surface area (Å²) in [7, 11) is 0. The molecule has 1 N–H and O–H groups in total. The Labute approximate surface area is 93.0 Å². The van der Waals surface area contributed by atoms with Gasteiger partial charge in [0.25, 0.3) is 0 Å². The predicted octanol–water partition coefficient (Wildman–Crippen LogP) is 2.10. The molecule has 0 aliphatic carbocycles. The summed E-state index contributed by atoms with van der Waals surface area (Å²) in [5.41, 5.74) is 2.19. The van der Waals surface area contributed by atoms with E-state index in [4.69, 9.17) is 5.11 Å². The molecule has 0 aliphatic rings.